The van der Waals surface area contributed by atoms with E-state index < -0.39 is 0 Å². The van der Waals surface area contributed by atoms with Gasteiger partial charge >= 0.3 is 6.09 Å². The standard InChI is InChI=1S/C40H55NO7/c1-3-4-5-6-7-8-13-33-18-20-34(21-19-33)47-31-30-46-29-28-45-27-26-44-25-24-43-23-22-41(2)40(42)48-32-39-37-16-11-9-14-35(37)36-15-10-12-17-38(36)39/h9-12,14-21,39H,3-8,13,22-32H2,1-2H3. The number of ether oxygens (including phenoxy) is 6. The number of benzene rings is 3. The summed E-state index contributed by atoms with van der Waals surface area (Å²) in [6.45, 7) is 7.37. The number of hydrogen-bond donors (Lipinski definition) is 0. The minimum absolute atomic E-state index is 0.0486. The van der Waals surface area contributed by atoms with Gasteiger partial charge in [0.15, 0.2) is 0 Å². The van der Waals surface area contributed by atoms with E-state index in [-0.39, 0.29) is 12.0 Å². The third-order valence-corrected chi connectivity index (χ3v) is 8.57. The Balaban J connectivity index is 0.915. The summed E-state index contributed by atoms with van der Waals surface area (Å²) in [4.78, 5) is 14.2. The third-order valence-electron chi connectivity index (χ3n) is 8.57. The Morgan fingerprint density at radius 2 is 1.15 bits per heavy atom. The lowest BCUT2D eigenvalue weighted by atomic mass is 9.98. The highest BCUT2D eigenvalue weighted by atomic mass is 16.6. The van der Waals surface area contributed by atoms with Gasteiger partial charge in [-0.1, -0.05) is 99.7 Å². The van der Waals surface area contributed by atoms with Gasteiger partial charge in [0.2, 0.25) is 0 Å². The van der Waals surface area contributed by atoms with Crippen LogP contribution in [0.5, 0.6) is 5.75 Å². The van der Waals surface area contributed by atoms with Crippen LogP contribution in [0.1, 0.15) is 68.1 Å². The lowest BCUT2D eigenvalue weighted by Crippen LogP contribution is -2.32. The average molecular weight is 662 g/mol. The maximum atomic E-state index is 12.6. The van der Waals surface area contributed by atoms with Crippen molar-refractivity contribution in [2.24, 2.45) is 0 Å². The first-order valence-electron chi connectivity index (χ1n) is 17.8. The molecule has 0 N–H and O–H groups in total. The Kier molecular flexibility index (Phi) is 17.3. The maximum absolute atomic E-state index is 12.6. The first kappa shape index (κ1) is 37.4. The highest BCUT2D eigenvalue weighted by Gasteiger charge is 2.29. The Morgan fingerprint density at radius 3 is 1.75 bits per heavy atom. The van der Waals surface area contributed by atoms with Crippen molar-refractivity contribution in [3.8, 4) is 16.9 Å². The van der Waals surface area contributed by atoms with E-state index in [1.807, 2.05) is 36.4 Å². The van der Waals surface area contributed by atoms with Crippen LogP contribution in [0.25, 0.3) is 11.1 Å². The number of likely N-dealkylation sites (N-methyl/N-ethyl adjacent to an activating group) is 1. The van der Waals surface area contributed by atoms with Crippen LogP contribution in [0.4, 0.5) is 4.79 Å². The lowest BCUT2D eigenvalue weighted by molar-refractivity contribution is -0.00599. The monoisotopic (exact) mass is 661 g/mol. The third kappa shape index (κ3) is 12.9. The van der Waals surface area contributed by atoms with E-state index in [2.05, 4.69) is 43.3 Å². The van der Waals surface area contributed by atoms with E-state index in [0.717, 1.165) is 12.2 Å². The molecule has 0 saturated carbocycles. The van der Waals surface area contributed by atoms with E-state index in [1.54, 1.807) is 11.9 Å². The molecule has 0 aliphatic heterocycles. The minimum atomic E-state index is -0.353. The molecule has 3 aromatic carbocycles. The van der Waals surface area contributed by atoms with E-state index >= 15 is 0 Å². The molecule has 0 atom stereocenters. The van der Waals surface area contributed by atoms with Crippen LogP contribution < -0.4 is 4.74 Å². The Labute approximate surface area is 287 Å². The maximum Gasteiger partial charge on any atom is 0.409 e. The second-order valence-corrected chi connectivity index (χ2v) is 12.2. The average Bonchev–Trinajstić information content (AvgIpc) is 3.44. The Morgan fingerprint density at radius 1 is 0.625 bits per heavy atom. The number of nitrogens with zero attached hydrogens (tertiary/aromatic N) is 1. The summed E-state index contributed by atoms with van der Waals surface area (Å²) in [7, 11) is 1.72. The summed E-state index contributed by atoms with van der Waals surface area (Å²) in [5, 5.41) is 0. The number of amides is 1. The quantitative estimate of drug-likeness (QED) is 0.0855. The van der Waals surface area contributed by atoms with E-state index in [1.165, 1.54) is 66.3 Å². The van der Waals surface area contributed by atoms with Gasteiger partial charge in [-0.05, 0) is 52.8 Å². The summed E-state index contributed by atoms with van der Waals surface area (Å²) in [5.41, 5.74) is 6.20. The summed E-state index contributed by atoms with van der Waals surface area (Å²) in [6, 6.07) is 25.1. The normalized spacial score (nSPS) is 12.1. The van der Waals surface area contributed by atoms with E-state index in [0.29, 0.717) is 72.6 Å². The molecule has 0 heterocycles. The van der Waals surface area contributed by atoms with Gasteiger partial charge in [0.1, 0.15) is 19.0 Å². The van der Waals surface area contributed by atoms with Crippen molar-refractivity contribution in [2.75, 3.05) is 79.7 Å². The van der Waals surface area contributed by atoms with Gasteiger partial charge in [-0.15, -0.1) is 0 Å². The SMILES string of the molecule is CCCCCCCCc1ccc(OCCOCCOCCOCCOCCN(C)C(=O)OCC2c3ccccc3-c3ccccc32)cc1. The molecular weight excluding hydrogens is 606 g/mol. The molecule has 0 saturated heterocycles. The molecule has 1 aliphatic rings. The first-order chi connectivity index (χ1) is 23.7. The molecular formula is C40H55NO7. The molecule has 0 bridgehead atoms. The highest BCUT2D eigenvalue weighted by molar-refractivity contribution is 5.79. The van der Waals surface area contributed by atoms with Gasteiger partial charge < -0.3 is 33.3 Å². The molecule has 262 valence electrons. The number of rotatable bonds is 25. The lowest BCUT2D eigenvalue weighted by Gasteiger charge is -2.19. The number of unbranched alkanes of at least 4 members (excludes halogenated alkanes) is 5. The second kappa shape index (κ2) is 22.3. The van der Waals surface area contributed by atoms with Gasteiger partial charge in [-0.25, -0.2) is 4.79 Å². The van der Waals surface area contributed by atoms with E-state index in [4.69, 9.17) is 28.4 Å². The molecule has 8 heteroatoms. The van der Waals surface area contributed by atoms with Crippen molar-refractivity contribution >= 4 is 6.09 Å². The zero-order chi connectivity index (χ0) is 33.7. The van der Waals surface area contributed by atoms with Crippen molar-refractivity contribution in [1.29, 1.82) is 0 Å². The molecule has 0 radical (unpaired) electrons. The highest BCUT2D eigenvalue weighted by Crippen LogP contribution is 2.44. The van der Waals surface area contributed by atoms with Crippen molar-refractivity contribution in [2.45, 2.75) is 57.8 Å². The van der Waals surface area contributed by atoms with Gasteiger partial charge in [0.05, 0.1) is 52.9 Å². The molecule has 0 fully saturated rings. The summed E-state index contributed by atoms with van der Waals surface area (Å²) < 4.78 is 33.8. The fourth-order valence-electron chi connectivity index (χ4n) is 5.84. The predicted octanol–water partition coefficient (Wildman–Crippen LogP) is 7.92. The van der Waals surface area contributed by atoms with Crippen molar-refractivity contribution in [1.82, 2.24) is 4.90 Å². The largest absolute Gasteiger partial charge is 0.491 e. The van der Waals surface area contributed by atoms with Crippen molar-refractivity contribution in [3.05, 3.63) is 89.5 Å². The van der Waals surface area contributed by atoms with Crippen LogP contribution in [-0.4, -0.2) is 90.7 Å². The smallest absolute Gasteiger partial charge is 0.409 e. The van der Waals surface area contributed by atoms with Gasteiger partial charge in [0, 0.05) is 19.5 Å². The number of hydrogen-bond acceptors (Lipinski definition) is 7. The van der Waals surface area contributed by atoms with Crippen LogP contribution in [0, 0.1) is 0 Å². The zero-order valence-corrected chi connectivity index (χ0v) is 29.0. The first-order valence-corrected chi connectivity index (χ1v) is 17.8. The fourth-order valence-corrected chi connectivity index (χ4v) is 5.84. The molecule has 8 nitrogen and oxygen atoms in total. The number of carbonyl (C=O) groups excluding carboxylic acids is 1. The van der Waals surface area contributed by atoms with Gasteiger partial charge in [-0.3, -0.25) is 0 Å². The summed E-state index contributed by atoms with van der Waals surface area (Å²) in [6.07, 6.45) is 8.72. The zero-order valence-electron chi connectivity index (χ0n) is 29.0. The van der Waals surface area contributed by atoms with Crippen LogP contribution in [0.2, 0.25) is 0 Å². The molecule has 0 aromatic heterocycles. The minimum Gasteiger partial charge on any atom is -0.491 e. The molecule has 1 amide bonds. The summed E-state index contributed by atoms with van der Waals surface area (Å²) in [5.74, 6) is 0.929. The number of fused-ring (bicyclic) bond motifs is 3. The Hall–Kier alpha value is -3.43. The molecule has 3 aromatic rings. The molecule has 4 rings (SSSR count). The van der Waals surface area contributed by atoms with Crippen LogP contribution in [-0.2, 0) is 30.1 Å². The number of carbonyl (C=O) groups is 1. The van der Waals surface area contributed by atoms with Crippen LogP contribution in [0.15, 0.2) is 72.8 Å². The fraction of sp³-hybridized carbons (Fsp3) is 0.525. The Bertz CT molecular complexity index is 1270. The van der Waals surface area contributed by atoms with Crippen molar-refractivity contribution in [3.63, 3.8) is 0 Å². The van der Waals surface area contributed by atoms with E-state index in [9.17, 15) is 4.79 Å². The van der Waals surface area contributed by atoms with Gasteiger partial charge in [-0.2, -0.15) is 0 Å². The summed E-state index contributed by atoms with van der Waals surface area (Å²) >= 11 is 0. The van der Waals surface area contributed by atoms with Crippen molar-refractivity contribution < 1.29 is 33.2 Å². The topological polar surface area (TPSA) is 75.7 Å². The van der Waals surface area contributed by atoms with Crippen LogP contribution in [0.3, 0.4) is 0 Å². The van der Waals surface area contributed by atoms with Gasteiger partial charge in [0.25, 0.3) is 0 Å². The molecule has 0 spiro atoms. The number of aryl methyl sites for hydroxylation is 1. The molecule has 48 heavy (non-hydrogen) atoms. The molecule has 0 unspecified atom stereocenters. The second-order valence-electron chi connectivity index (χ2n) is 12.2. The molecule has 1 aliphatic carbocycles. The predicted molar refractivity (Wildman–Crippen MR) is 190 cm³/mol. The van der Waals surface area contributed by atoms with Crippen LogP contribution >= 0.6 is 0 Å².